The molecule has 0 aromatic heterocycles. The Morgan fingerprint density at radius 3 is 2.65 bits per heavy atom. The fraction of sp³-hybridized carbons (Fsp3) is 0.579. The van der Waals surface area contributed by atoms with E-state index >= 15 is 0 Å². The first kappa shape index (κ1) is 18.7. The Labute approximate surface area is 154 Å². The number of anilines is 2. The average molecular weight is 360 g/mol. The lowest BCUT2D eigenvalue weighted by atomic mass is 10.1. The highest BCUT2D eigenvalue weighted by atomic mass is 16.5. The quantitative estimate of drug-likeness (QED) is 0.726. The molecule has 1 atom stereocenters. The standard InChI is InChI=1S/C19H28N4O3/c1-13-3-6-16(21-18(24)15-4-5-15)11-17(13)22-19(25)20-12-14(2)23-7-9-26-10-8-23/h3,6,11,14-15H,4-5,7-10,12H2,1-2H3,(H,21,24)(H2,20,22,25). The Kier molecular flexibility index (Phi) is 6.11. The van der Waals surface area contributed by atoms with E-state index in [-0.39, 0.29) is 23.9 Å². The molecule has 3 N–H and O–H groups in total. The van der Waals surface area contributed by atoms with Gasteiger partial charge in [0.2, 0.25) is 5.91 Å². The predicted octanol–water partition coefficient (Wildman–Crippen LogP) is 2.19. The molecule has 1 aromatic rings. The van der Waals surface area contributed by atoms with Crippen LogP contribution in [0.2, 0.25) is 0 Å². The normalized spacial score (nSPS) is 18.8. The van der Waals surface area contributed by atoms with Crippen LogP contribution in [0.25, 0.3) is 0 Å². The molecule has 1 aliphatic heterocycles. The first-order valence-corrected chi connectivity index (χ1v) is 9.31. The van der Waals surface area contributed by atoms with Gasteiger partial charge in [-0.25, -0.2) is 4.79 Å². The van der Waals surface area contributed by atoms with Gasteiger partial charge in [-0.2, -0.15) is 0 Å². The Hall–Kier alpha value is -2.12. The number of aryl methyl sites for hydroxylation is 1. The third kappa shape index (κ3) is 5.19. The Morgan fingerprint density at radius 1 is 1.23 bits per heavy atom. The van der Waals surface area contributed by atoms with Crippen molar-refractivity contribution in [3.8, 4) is 0 Å². The van der Waals surface area contributed by atoms with E-state index < -0.39 is 0 Å². The molecular weight excluding hydrogens is 332 g/mol. The number of nitrogens with one attached hydrogen (secondary N) is 3. The number of morpholine rings is 1. The maximum Gasteiger partial charge on any atom is 0.319 e. The molecule has 2 aliphatic rings. The van der Waals surface area contributed by atoms with Crippen LogP contribution in [0, 0.1) is 12.8 Å². The summed E-state index contributed by atoms with van der Waals surface area (Å²) in [6.07, 6.45) is 1.93. The molecule has 1 saturated heterocycles. The first-order chi connectivity index (χ1) is 12.5. The number of carbonyl (C=O) groups is 2. The van der Waals surface area contributed by atoms with Crippen LogP contribution in [-0.2, 0) is 9.53 Å². The van der Waals surface area contributed by atoms with E-state index in [1.165, 1.54) is 0 Å². The maximum absolute atomic E-state index is 12.3. The molecule has 7 nitrogen and oxygen atoms in total. The van der Waals surface area contributed by atoms with E-state index in [1.54, 1.807) is 6.07 Å². The number of benzene rings is 1. The van der Waals surface area contributed by atoms with Gasteiger partial charge in [0.15, 0.2) is 0 Å². The molecule has 1 aliphatic carbocycles. The van der Waals surface area contributed by atoms with Crippen LogP contribution >= 0.6 is 0 Å². The largest absolute Gasteiger partial charge is 0.379 e. The molecule has 1 unspecified atom stereocenters. The van der Waals surface area contributed by atoms with Crippen molar-refractivity contribution in [3.05, 3.63) is 23.8 Å². The zero-order valence-corrected chi connectivity index (χ0v) is 15.5. The van der Waals surface area contributed by atoms with Crippen LogP contribution in [0.5, 0.6) is 0 Å². The molecule has 3 amide bonds. The number of urea groups is 1. The molecular formula is C19H28N4O3. The van der Waals surface area contributed by atoms with Gasteiger partial charge in [-0.3, -0.25) is 9.69 Å². The van der Waals surface area contributed by atoms with Crippen molar-refractivity contribution in [3.63, 3.8) is 0 Å². The summed E-state index contributed by atoms with van der Waals surface area (Å²) in [7, 11) is 0. The van der Waals surface area contributed by atoms with Gasteiger partial charge in [0.05, 0.1) is 13.2 Å². The molecule has 1 heterocycles. The molecule has 0 radical (unpaired) electrons. The summed E-state index contributed by atoms with van der Waals surface area (Å²) >= 11 is 0. The van der Waals surface area contributed by atoms with Crippen LogP contribution in [-0.4, -0.2) is 55.7 Å². The second-order valence-corrected chi connectivity index (χ2v) is 7.13. The van der Waals surface area contributed by atoms with Gasteiger partial charge in [-0.1, -0.05) is 6.07 Å². The number of ether oxygens (including phenoxy) is 1. The number of carbonyl (C=O) groups excluding carboxylic acids is 2. The fourth-order valence-electron chi connectivity index (χ4n) is 2.98. The lowest BCUT2D eigenvalue weighted by molar-refractivity contribution is -0.117. The van der Waals surface area contributed by atoms with E-state index in [9.17, 15) is 9.59 Å². The number of amides is 3. The van der Waals surface area contributed by atoms with E-state index in [4.69, 9.17) is 4.74 Å². The van der Waals surface area contributed by atoms with Crippen LogP contribution in [0.4, 0.5) is 16.2 Å². The lowest BCUT2D eigenvalue weighted by Gasteiger charge is -2.32. The predicted molar refractivity (Wildman–Crippen MR) is 101 cm³/mol. The number of hydrogen-bond acceptors (Lipinski definition) is 4. The van der Waals surface area contributed by atoms with Crippen molar-refractivity contribution >= 4 is 23.3 Å². The summed E-state index contributed by atoms with van der Waals surface area (Å²) in [4.78, 5) is 26.5. The number of nitrogens with zero attached hydrogens (tertiary/aromatic N) is 1. The molecule has 3 rings (SSSR count). The summed E-state index contributed by atoms with van der Waals surface area (Å²) in [5, 5.41) is 8.72. The van der Waals surface area contributed by atoms with Crippen LogP contribution in [0.3, 0.4) is 0 Å². The Balaban J connectivity index is 1.50. The minimum atomic E-state index is -0.237. The molecule has 2 fully saturated rings. The summed E-state index contributed by atoms with van der Waals surface area (Å²) < 4.78 is 5.35. The minimum Gasteiger partial charge on any atom is -0.379 e. The number of hydrogen-bond donors (Lipinski definition) is 3. The van der Waals surface area contributed by atoms with Gasteiger partial charge in [-0.05, 0) is 44.4 Å². The van der Waals surface area contributed by atoms with Gasteiger partial charge in [0.1, 0.15) is 0 Å². The van der Waals surface area contributed by atoms with Crippen molar-refractivity contribution in [2.45, 2.75) is 32.7 Å². The molecule has 0 spiro atoms. The Bertz CT molecular complexity index is 654. The van der Waals surface area contributed by atoms with E-state index in [1.807, 2.05) is 19.1 Å². The van der Waals surface area contributed by atoms with Gasteiger partial charge < -0.3 is 20.7 Å². The van der Waals surface area contributed by atoms with Gasteiger partial charge in [-0.15, -0.1) is 0 Å². The van der Waals surface area contributed by atoms with Crippen molar-refractivity contribution in [2.24, 2.45) is 5.92 Å². The molecule has 26 heavy (non-hydrogen) atoms. The minimum absolute atomic E-state index is 0.0589. The zero-order valence-electron chi connectivity index (χ0n) is 15.5. The van der Waals surface area contributed by atoms with Gasteiger partial charge >= 0.3 is 6.03 Å². The molecule has 1 aromatic carbocycles. The molecule has 7 heteroatoms. The number of rotatable bonds is 6. The smallest absolute Gasteiger partial charge is 0.319 e. The average Bonchev–Trinajstić information content (AvgIpc) is 3.48. The summed E-state index contributed by atoms with van der Waals surface area (Å²) in [5.74, 6) is 0.210. The van der Waals surface area contributed by atoms with E-state index in [0.29, 0.717) is 17.9 Å². The molecule has 142 valence electrons. The SMILES string of the molecule is Cc1ccc(NC(=O)C2CC2)cc1NC(=O)NCC(C)N1CCOCC1. The highest BCUT2D eigenvalue weighted by Crippen LogP contribution is 2.30. The van der Waals surface area contributed by atoms with Gasteiger partial charge in [0.25, 0.3) is 0 Å². The third-order valence-corrected chi connectivity index (χ3v) is 4.93. The van der Waals surface area contributed by atoms with Crippen molar-refractivity contribution in [1.82, 2.24) is 10.2 Å². The van der Waals surface area contributed by atoms with Crippen molar-refractivity contribution in [2.75, 3.05) is 43.5 Å². The second kappa shape index (κ2) is 8.51. The van der Waals surface area contributed by atoms with Crippen molar-refractivity contribution < 1.29 is 14.3 Å². The molecule has 1 saturated carbocycles. The lowest BCUT2D eigenvalue weighted by Crippen LogP contribution is -2.47. The maximum atomic E-state index is 12.3. The fourth-order valence-corrected chi connectivity index (χ4v) is 2.98. The summed E-state index contributed by atoms with van der Waals surface area (Å²) in [6, 6.07) is 5.59. The summed E-state index contributed by atoms with van der Waals surface area (Å²) in [6.45, 7) is 7.88. The zero-order chi connectivity index (χ0) is 18.5. The second-order valence-electron chi connectivity index (χ2n) is 7.13. The van der Waals surface area contributed by atoms with Gasteiger partial charge in [0, 0.05) is 43.0 Å². The van der Waals surface area contributed by atoms with Crippen LogP contribution in [0.15, 0.2) is 18.2 Å². The monoisotopic (exact) mass is 360 g/mol. The third-order valence-electron chi connectivity index (χ3n) is 4.93. The Morgan fingerprint density at radius 2 is 1.96 bits per heavy atom. The van der Waals surface area contributed by atoms with E-state index in [2.05, 4.69) is 27.8 Å². The van der Waals surface area contributed by atoms with Crippen molar-refractivity contribution in [1.29, 1.82) is 0 Å². The first-order valence-electron chi connectivity index (χ1n) is 9.31. The summed E-state index contributed by atoms with van der Waals surface area (Å²) in [5.41, 5.74) is 2.37. The highest BCUT2D eigenvalue weighted by Gasteiger charge is 2.29. The topological polar surface area (TPSA) is 82.7 Å². The van der Waals surface area contributed by atoms with Crippen LogP contribution in [0.1, 0.15) is 25.3 Å². The van der Waals surface area contributed by atoms with Crippen LogP contribution < -0.4 is 16.0 Å². The highest BCUT2D eigenvalue weighted by molar-refractivity contribution is 5.96. The molecule has 0 bridgehead atoms. The van der Waals surface area contributed by atoms with E-state index in [0.717, 1.165) is 44.7 Å².